The van der Waals surface area contributed by atoms with Gasteiger partial charge in [-0.2, -0.15) is 0 Å². The fourth-order valence-electron chi connectivity index (χ4n) is 3.64. The number of hydrogen-bond donors (Lipinski definition) is 4. The van der Waals surface area contributed by atoms with Gasteiger partial charge in [0.2, 0.25) is 5.91 Å². The molecule has 13 heteroatoms. The van der Waals surface area contributed by atoms with E-state index in [1.54, 1.807) is 6.20 Å². The Hall–Kier alpha value is -2.16. The molecule has 2 fully saturated rings. The number of amides is 1. The maximum atomic E-state index is 11.9. The first-order valence-corrected chi connectivity index (χ1v) is 9.44. The third-order valence-corrected chi connectivity index (χ3v) is 5.33. The summed E-state index contributed by atoms with van der Waals surface area (Å²) in [6, 6.07) is -0.984. The maximum Gasteiger partial charge on any atom is 0.328 e. The van der Waals surface area contributed by atoms with Crippen LogP contribution in [0, 0.1) is 0 Å². The van der Waals surface area contributed by atoms with E-state index in [1.807, 2.05) is 0 Å². The molecule has 3 heterocycles. The highest BCUT2D eigenvalue weighted by atomic mass is 16.7. The van der Waals surface area contributed by atoms with Crippen LogP contribution in [0.15, 0.2) is 6.20 Å². The predicted molar refractivity (Wildman–Crippen MR) is 95.4 cm³/mol. The van der Waals surface area contributed by atoms with E-state index in [0.717, 1.165) is 0 Å². The average molecular weight is 430 g/mol. The van der Waals surface area contributed by atoms with Crippen molar-refractivity contribution in [3.8, 4) is 0 Å². The number of aliphatic hydroxyl groups is 4. The Labute approximate surface area is 171 Å². The summed E-state index contributed by atoms with van der Waals surface area (Å²) in [5, 5.41) is 46.8. The Morgan fingerprint density at radius 1 is 1.27 bits per heavy atom. The molecule has 13 nitrogen and oxygen atoms in total. The van der Waals surface area contributed by atoms with E-state index in [4.69, 9.17) is 14.2 Å². The minimum absolute atomic E-state index is 0.133. The minimum atomic E-state index is -1.54. The normalized spacial score (nSPS) is 34.2. The van der Waals surface area contributed by atoms with Gasteiger partial charge in [0, 0.05) is 19.9 Å². The zero-order valence-corrected chi connectivity index (χ0v) is 16.6. The first-order chi connectivity index (χ1) is 14.3. The van der Waals surface area contributed by atoms with Crippen molar-refractivity contribution < 1.29 is 44.2 Å². The molecule has 4 N–H and O–H groups in total. The zero-order chi connectivity index (χ0) is 22.0. The van der Waals surface area contributed by atoms with E-state index >= 15 is 0 Å². The zero-order valence-electron chi connectivity index (χ0n) is 16.6. The number of aromatic nitrogens is 3. The highest BCUT2D eigenvalue weighted by Gasteiger charge is 2.44. The van der Waals surface area contributed by atoms with Crippen LogP contribution in [0.1, 0.15) is 25.1 Å². The van der Waals surface area contributed by atoms with E-state index in [9.17, 15) is 30.0 Å². The third kappa shape index (κ3) is 4.45. The molecular formula is C17H26N4O9. The molecule has 2 aliphatic heterocycles. The number of likely N-dealkylation sites (tertiary alicyclic amines) is 1. The Balaban J connectivity index is 1.61. The second-order valence-electron chi connectivity index (χ2n) is 7.30. The summed E-state index contributed by atoms with van der Waals surface area (Å²) in [5.41, 5.74) is 0.378. The second kappa shape index (κ2) is 9.32. The lowest BCUT2D eigenvalue weighted by Gasteiger charge is -2.39. The molecular weight excluding hydrogens is 404 g/mol. The molecule has 0 radical (unpaired) electrons. The number of carbonyl (C=O) groups is 2. The van der Waals surface area contributed by atoms with Gasteiger partial charge in [0.05, 0.1) is 32.6 Å². The molecule has 1 aromatic rings. The first-order valence-electron chi connectivity index (χ1n) is 9.44. The van der Waals surface area contributed by atoms with Crippen LogP contribution in [-0.2, 0) is 30.4 Å². The number of carbonyl (C=O) groups excluding carboxylic acids is 2. The first kappa shape index (κ1) is 22.5. The molecule has 0 aliphatic carbocycles. The van der Waals surface area contributed by atoms with Crippen LogP contribution in [0.3, 0.4) is 0 Å². The standard InChI is InChI=1S/C17H26N4O9/c1-8(23)20-5-10(3-11(20)16(27)28-2)21-4-9(18-19-21)7-29-17-15(26)14(25)13(24)12(6-22)30-17/h4,10-15,17,22,24-26H,3,5-7H2,1-2H3/t10-,11-,12+,13-,14-,15+,17+/m0/s1. The van der Waals surface area contributed by atoms with E-state index < -0.39 is 49.3 Å². The highest BCUT2D eigenvalue weighted by Crippen LogP contribution is 2.28. The number of nitrogens with zero attached hydrogens (tertiary/aromatic N) is 4. The van der Waals surface area contributed by atoms with Crippen molar-refractivity contribution in [3.63, 3.8) is 0 Å². The smallest absolute Gasteiger partial charge is 0.328 e. The van der Waals surface area contributed by atoms with Gasteiger partial charge >= 0.3 is 5.97 Å². The van der Waals surface area contributed by atoms with Crippen molar-refractivity contribution in [3.05, 3.63) is 11.9 Å². The number of hydrogen-bond acceptors (Lipinski definition) is 11. The van der Waals surface area contributed by atoms with Crippen molar-refractivity contribution in [2.45, 2.75) is 62.7 Å². The van der Waals surface area contributed by atoms with Crippen molar-refractivity contribution in [2.24, 2.45) is 0 Å². The number of ether oxygens (including phenoxy) is 3. The fraction of sp³-hybridized carbons (Fsp3) is 0.765. The van der Waals surface area contributed by atoms with Gasteiger partial charge in [-0.1, -0.05) is 5.21 Å². The number of esters is 1. The number of aliphatic hydroxyl groups excluding tert-OH is 4. The number of methoxy groups -OCH3 is 1. The molecule has 0 saturated carbocycles. The molecule has 2 aliphatic rings. The van der Waals surface area contributed by atoms with Crippen molar-refractivity contribution in [1.82, 2.24) is 19.9 Å². The Kier molecular flexibility index (Phi) is 7.00. The Morgan fingerprint density at radius 2 is 2.00 bits per heavy atom. The lowest BCUT2D eigenvalue weighted by atomic mass is 9.99. The third-order valence-electron chi connectivity index (χ3n) is 5.33. The topological polar surface area (TPSA) is 177 Å². The van der Waals surface area contributed by atoms with Gasteiger partial charge in [-0.15, -0.1) is 5.10 Å². The SMILES string of the molecule is COC(=O)[C@@H]1C[C@H](n2cc(CO[C@@H]3O[C@H](CO)[C@H](O)[C@H](O)[C@H]3O)nn2)CN1C(C)=O. The van der Waals surface area contributed by atoms with E-state index in [2.05, 4.69) is 10.3 Å². The van der Waals surface area contributed by atoms with Gasteiger partial charge in [0.1, 0.15) is 36.2 Å². The van der Waals surface area contributed by atoms with E-state index in [1.165, 1.54) is 23.6 Å². The van der Waals surface area contributed by atoms with Crippen LogP contribution in [-0.4, -0.2) is 109 Å². The number of rotatable bonds is 6. The quantitative estimate of drug-likeness (QED) is 0.337. The second-order valence-corrected chi connectivity index (χ2v) is 7.30. The molecule has 7 atom stereocenters. The van der Waals surface area contributed by atoms with Crippen LogP contribution in [0.5, 0.6) is 0 Å². The molecule has 0 unspecified atom stereocenters. The van der Waals surface area contributed by atoms with Crippen molar-refractivity contribution >= 4 is 11.9 Å². The maximum absolute atomic E-state index is 11.9. The van der Waals surface area contributed by atoms with Gasteiger partial charge in [0.25, 0.3) is 0 Å². The molecule has 3 rings (SSSR count). The van der Waals surface area contributed by atoms with Crippen molar-refractivity contribution in [1.29, 1.82) is 0 Å². The monoisotopic (exact) mass is 430 g/mol. The van der Waals surface area contributed by atoms with Gasteiger partial charge in [0.15, 0.2) is 6.29 Å². The van der Waals surface area contributed by atoms with Crippen LogP contribution in [0.25, 0.3) is 0 Å². The van der Waals surface area contributed by atoms with Crippen LogP contribution >= 0.6 is 0 Å². The van der Waals surface area contributed by atoms with Crippen LogP contribution in [0.4, 0.5) is 0 Å². The Bertz CT molecular complexity index is 757. The minimum Gasteiger partial charge on any atom is -0.467 e. The highest BCUT2D eigenvalue weighted by molar-refractivity contribution is 5.84. The summed E-state index contributed by atoms with van der Waals surface area (Å²) in [5.74, 6) is -0.752. The molecule has 30 heavy (non-hydrogen) atoms. The van der Waals surface area contributed by atoms with Gasteiger partial charge in [-0.3, -0.25) is 4.79 Å². The van der Waals surface area contributed by atoms with Crippen LogP contribution < -0.4 is 0 Å². The van der Waals surface area contributed by atoms with Gasteiger partial charge in [-0.05, 0) is 0 Å². The molecule has 0 aromatic carbocycles. The summed E-state index contributed by atoms with van der Waals surface area (Å²) in [4.78, 5) is 25.2. The van der Waals surface area contributed by atoms with Crippen molar-refractivity contribution in [2.75, 3.05) is 20.3 Å². The Morgan fingerprint density at radius 3 is 2.63 bits per heavy atom. The summed E-state index contributed by atoms with van der Waals surface area (Å²) in [6.07, 6.45) is -4.99. The molecule has 0 spiro atoms. The van der Waals surface area contributed by atoms with E-state index in [0.29, 0.717) is 12.1 Å². The van der Waals surface area contributed by atoms with Crippen LogP contribution in [0.2, 0.25) is 0 Å². The molecule has 1 aromatic heterocycles. The van der Waals surface area contributed by atoms with E-state index in [-0.39, 0.29) is 25.1 Å². The molecule has 0 bridgehead atoms. The van der Waals surface area contributed by atoms with Gasteiger partial charge in [-0.25, -0.2) is 9.48 Å². The summed E-state index contributed by atoms with van der Waals surface area (Å²) >= 11 is 0. The molecule has 168 valence electrons. The molecule has 2 saturated heterocycles. The lowest BCUT2D eigenvalue weighted by molar-refractivity contribution is -0.304. The summed E-state index contributed by atoms with van der Waals surface area (Å²) < 4.78 is 17.0. The average Bonchev–Trinajstić information content (AvgIpc) is 3.38. The molecule has 1 amide bonds. The summed E-state index contributed by atoms with van der Waals surface area (Å²) in [6.45, 7) is 0.952. The lowest BCUT2D eigenvalue weighted by Crippen LogP contribution is -2.59. The fourth-order valence-corrected chi connectivity index (χ4v) is 3.64. The predicted octanol–water partition coefficient (Wildman–Crippen LogP) is -3.07. The summed E-state index contributed by atoms with van der Waals surface area (Å²) in [7, 11) is 1.26. The van der Waals surface area contributed by atoms with Gasteiger partial charge < -0.3 is 39.5 Å². The largest absolute Gasteiger partial charge is 0.467 e.